The van der Waals surface area contributed by atoms with Crippen molar-refractivity contribution in [2.24, 2.45) is 0 Å². The highest BCUT2D eigenvalue weighted by Crippen LogP contribution is 2.26. The van der Waals surface area contributed by atoms with E-state index < -0.39 is 17.8 Å². The second kappa shape index (κ2) is 9.27. The smallest absolute Gasteiger partial charge is 0.273 e. The van der Waals surface area contributed by atoms with E-state index in [1.807, 2.05) is 32.0 Å². The maximum Gasteiger partial charge on any atom is 0.335 e. The van der Waals surface area contributed by atoms with Gasteiger partial charge in [-0.1, -0.05) is 59.1 Å². The maximum atomic E-state index is 13.1. The SMILES string of the molecule is Cc1cc(C)cc(Cc2ccc(/C=C3\C(=O)NC(=O)N(c4ccc(C)c(C)c4)C3=O)cc2Cl)c1. The molecule has 5 nitrogen and oxygen atoms in total. The van der Waals surface area contributed by atoms with Crippen molar-refractivity contribution >= 4 is 41.2 Å². The van der Waals surface area contributed by atoms with Crippen LogP contribution in [0.15, 0.2) is 60.2 Å². The highest BCUT2D eigenvalue weighted by molar-refractivity contribution is 6.39. The summed E-state index contributed by atoms with van der Waals surface area (Å²) < 4.78 is 0. The van der Waals surface area contributed by atoms with Gasteiger partial charge < -0.3 is 0 Å². The fourth-order valence-electron chi connectivity index (χ4n) is 4.11. The molecule has 0 spiro atoms. The van der Waals surface area contributed by atoms with E-state index in [1.165, 1.54) is 17.2 Å². The van der Waals surface area contributed by atoms with E-state index in [2.05, 4.69) is 37.4 Å². The number of amides is 4. The predicted molar refractivity (Wildman–Crippen MR) is 135 cm³/mol. The minimum absolute atomic E-state index is 0.129. The van der Waals surface area contributed by atoms with Crippen molar-refractivity contribution in [2.75, 3.05) is 4.90 Å². The summed E-state index contributed by atoms with van der Waals surface area (Å²) in [7, 11) is 0. The van der Waals surface area contributed by atoms with Crippen LogP contribution in [0.5, 0.6) is 0 Å². The van der Waals surface area contributed by atoms with Crippen LogP contribution in [0.4, 0.5) is 10.5 Å². The normalized spacial score (nSPS) is 15.1. The summed E-state index contributed by atoms with van der Waals surface area (Å²) in [5.74, 6) is -1.40. The summed E-state index contributed by atoms with van der Waals surface area (Å²) in [6.45, 7) is 7.96. The Balaban J connectivity index is 1.63. The van der Waals surface area contributed by atoms with Gasteiger partial charge in [-0.2, -0.15) is 0 Å². The predicted octanol–water partition coefficient (Wildman–Crippen LogP) is 5.83. The Bertz CT molecular complexity index is 1350. The van der Waals surface area contributed by atoms with E-state index in [0.29, 0.717) is 22.7 Å². The number of hydrogen-bond donors (Lipinski definition) is 1. The lowest BCUT2D eigenvalue weighted by Gasteiger charge is -2.26. The Hall–Kier alpha value is -3.70. The molecule has 0 bridgehead atoms. The molecule has 0 atom stereocenters. The molecule has 0 saturated carbocycles. The lowest BCUT2D eigenvalue weighted by Crippen LogP contribution is -2.54. The molecule has 0 unspecified atom stereocenters. The van der Waals surface area contributed by atoms with Crippen molar-refractivity contribution in [1.29, 1.82) is 0 Å². The monoisotopic (exact) mass is 472 g/mol. The second-order valence-corrected chi connectivity index (χ2v) is 9.16. The van der Waals surface area contributed by atoms with E-state index in [9.17, 15) is 14.4 Å². The lowest BCUT2D eigenvalue weighted by molar-refractivity contribution is -0.122. The van der Waals surface area contributed by atoms with Crippen LogP contribution in [0.1, 0.15) is 38.9 Å². The second-order valence-electron chi connectivity index (χ2n) is 8.75. The summed E-state index contributed by atoms with van der Waals surface area (Å²) >= 11 is 6.55. The van der Waals surface area contributed by atoms with Gasteiger partial charge in [-0.25, -0.2) is 9.69 Å². The zero-order valence-corrected chi connectivity index (χ0v) is 20.3. The van der Waals surface area contributed by atoms with Crippen molar-refractivity contribution < 1.29 is 14.4 Å². The lowest BCUT2D eigenvalue weighted by atomic mass is 9.99. The third kappa shape index (κ3) is 4.80. The molecule has 1 aliphatic heterocycles. The third-order valence-corrected chi connectivity index (χ3v) is 6.27. The molecule has 0 radical (unpaired) electrons. The first-order valence-corrected chi connectivity index (χ1v) is 11.3. The zero-order valence-electron chi connectivity index (χ0n) is 19.5. The van der Waals surface area contributed by atoms with Crippen LogP contribution in [0.2, 0.25) is 5.02 Å². The van der Waals surface area contributed by atoms with E-state index in [-0.39, 0.29) is 5.57 Å². The minimum atomic E-state index is -0.766. The van der Waals surface area contributed by atoms with Crippen molar-refractivity contribution in [3.8, 4) is 0 Å². The Morgan fingerprint density at radius 2 is 1.56 bits per heavy atom. The van der Waals surface area contributed by atoms with Gasteiger partial charge in [0.05, 0.1) is 5.69 Å². The topological polar surface area (TPSA) is 66.5 Å². The number of hydrogen-bond acceptors (Lipinski definition) is 3. The number of aryl methyl sites for hydroxylation is 4. The van der Waals surface area contributed by atoms with Crippen molar-refractivity contribution in [3.05, 3.63) is 104 Å². The van der Waals surface area contributed by atoms with Crippen molar-refractivity contribution in [1.82, 2.24) is 5.32 Å². The molecular weight excluding hydrogens is 448 g/mol. The summed E-state index contributed by atoms with van der Waals surface area (Å²) in [6.07, 6.45) is 2.14. The molecule has 6 heteroatoms. The van der Waals surface area contributed by atoms with E-state index in [4.69, 9.17) is 11.6 Å². The number of nitrogens with one attached hydrogen (secondary N) is 1. The molecular formula is C28H25ClN2O3. The largest absolute Gasteiger partial charge is 0.335 e. The van der Waals surface area contributed by atoms with Crippen molar-refractivity contribution in [2.45, 2.75) is 34.1 Å². The summed E-state index contributed by atoms with van der Waals surface area (Å²) in [5, 5.41) is 2.80. The first-order valence-electron chi connectivity index (χ1n) is 11.0. The average molecular weight is 473 g/mol. The number of anilines is 1. The zero-order chi connectivity index (χ0) is 24.6. The first kappa shape index (κ1) is 23.5. The molecule has 172 valence electrons. The van der Waals surface area contributed by atoms with Crippen molar-refractivity contribution in [3.63, 3.8) is 0 Å². The molecule has 0 aliphatic carbocycles. The van der Waals surface area contributed by atoms with Crippen LogP contribution in [0.3, 0.4) is 0 Å². The van der Waals surface area contributed by atoms with Crippen LogP contribution < -0.4 is 10.2 Å². The van der Waals surface area contributed by atoms with Gasteiger partial charge in [0.1, 0.15) is 5.57 Å². The van der Waals surface area contributed by atoms with Crippen LogP contribution in [0, 0.1) is 27.7 Å². The number of urea groups is 1. The van der Waals surface area contributed by atoms with Gasteiger partial charge in [0.2, 0.25) is 0 Å². The molecule has 1 saturated heterocycles. The fourth-order valence-corrected chi connectivity index (χ4v) is 4.37. The molecule has 34 heavy (non-hydrogen) atoms. The van der Waals surface area contributed by atoms with E-state index in [1.54, 1.807) is 18.2 Å². The molecule has 1 fully saturated rings. The molecule has 4 amide bonds. The quantitative estimate of drug-likeness (QED) is 0.383. The van der Waals surface area contributed by atoms with Gasteiger partial charge in [-0.3, -0.25) is 14.9 Å². The van der Waals surface area contributed by atoms with Gasteiger partial charge >= 0.3 is 6.03 Å². The Morgan fingerprint density at radius 1 is 0.853 bits per heavy atom. The van der Waals surface area contributed by atoms with Gasteiger partial charge in [0, 0.05) is 5.02 Å². The molecule has 3 aromatic rings. The number of carbonyl (C=O) groups is 3. The summed E-state index contributed by atoms with van der Waals surface area (Å²) in [6, 6.07) is 16.3. The highest BCUT2D eigenvalue weighted by Gasteiger charge is 2.36. The molecule has 0 aromatic heterocycles. The molecule has 1 aliphatic rings. The molecule has 3 aromatic carbocycles. The fraction of sp³-hybridized carbons (Fsp3) is 0.179. The number of nitrogens with zero attached hydrogens (tertiary/aromatic N) is 1. The average Bonchev–Trinajstić information content (AvgIpc) is 2.74. The summed E-state index contributed by atoms with van der Waals surface area (Å²) in [4.78, 5) is 39.1. The van der Waals surface area contributed by atoms with E-state index in [0.717, 1.165) is 27.2 Å². The highest BCUT2D eigenvalue weighted by atomic mass is 35.5. The number of halogens is 1. The van der Waals surface area contributed by atoms with Crippen LogP contribution in [-0.4, -0.2) is 17.8 Å². The Labute approximate surface area is 204 Å². The molecule has 1 heterocycles. The Morgan fingerprint density at radius 3 is 2.21 bits per heavy atom. The number of benzene rings is 3. The van der Waals surface area contributed by atoms with Crippen LogP contribution in [0.25, 0.3) is 6.08 Å². The minimum Gasteiger partial charge on any atom is -0.273 e. The van der Waals surface area contributed by atoms with Gasteiger partial charge in [-0.15, -0.1) is 0 Å². The summed E-state index contributed by atoms with van der Waals surface area (Å²) in [5.41, 5.74) is 7.34. The number of rotatable bonds is 4. The molecule has 4 rings (SSSR count). The standard InChI is InChI=1S/C28H25ClN2O3/c1-16-9-17(2)11-21(10-16)13-22-7-6-20(15-25(22)29)14-24-26(32)30-28(34)31(27(24)33)23-8-5-18(3)19(4)12-23/h5-12,14-15H,13H2,1-4H3,(H,30,32,34)/b24-14+. The molecule has 1 N–H and O–H groups in total. The van der Waals surface area contributed by atoms with E-state index >= 15 is 0 Å². The number of carbonyl (C=O) groups excluding carboxylic acids is 3. The first-order chi connectivity index (χ1) is 16.1. The van der Waals surface area contributed by atoms with Gasteiger partial charge in [-0.05, 0) is 86.2 Å². The van der Waals surface area contributed by atoms with Crippen LogP contribution in [-0.2, 0) is 16.0 Å². The van der Waals surface area contributed by atoms with Gasteiger partial charge in [0.15, 0.2) is 0 Å². The number of barbiturate groups is 1. The van der Waals surface area contributed by atoms with Crippen LogP contribution >= 0.6 is 11.6 Å². The number of imide groups is 2. The van der Waals surface area contributed by atoms with Gasteiger partial charge in [0.25, 0.3) is 11.8 Å². The third-order valence-electron chi connectivity index (χ3n) is 5.91. The Kier molecular flexibility index (Phi) is 6.40. The maximum absolute atomic E-state index is 13.1.